The second-order valence-electron chi connectivity index (χ2n) is 8.49. The number of hydrogen-bond donors (Lipinski definition) is 4. The Hall–Kier alpha value is -2.80. The van der Waals surface area contributed by atoms with Gasteiger partial charge in [0.25, 0.3) is 5.56 Å². The molecule has 1 aromatic heterocycles. The summed E-state index contributed by atoms with van der Waals surface area (Å²) in [6, 6.07) is 8.18. The number of nitrogens with zero attached hydrogens (tertiary/aromatic N) is 1. The van der Waals surface area contributed by atoms with Gasteiger partial charge in [0.05, 0.1) is 25.9 Å². The first kappa shape index (κ1) is 28.8. The third-order valence-electron chi connectivity index (χ3n) is 5.68. The molecule has 3 rings (SSSR count). The number of ether oxygens (including phenoxy) is 2. The molecule has 0 aliphatic carbocycles. The number of aromatic nitrogens is 2. The zero-order valence-corrected chi connectivity index (χ0v) is 21.4. The second kappa shape index (κ2) is 13.1. The van der Waals surface area contributed by atoms with Crippen molar-refractivity contribution in [3.63, 3.8) is 0 Å². The largest absolute Gasteiger partial charge is 0.465 e. The SMILES string of the molecule is CCCCOC(=O)C(C)NP(=O)(OCC1OC(n2ccc(=O)[nH]c2=O)C(O)C1CO)Oc1ccccc1. The number of unbranched alkanes of at least 4 members (excludes halogenated alkanes) is 1. The molecule has 13 nitrogen and oxygen atoms in total. The van der Waals surface area contributed by atoms with Gasteiger partial charge < -0.3 is 24.2 Å². The summed E-state index contributed by atoms with van der Waals surface area (Å²) in [6.07, 6.45) is -0.952. The van der Waals surface area contributed by atoms with Crippen LogP contribution in [0.5, 0.6) is 5.75 Å². The Kier molecular flexibility index (Phi) is 10.2. The molecular formula is C23H32N3O10P. The van der Waals surface area contributed by atoms with E-state index in [0.29, 0.717) is 6.42 Å². The zero-order chi connectivity index (χ0) is 27.0. The highest BCUT2D eigenvalue weighted by Gasteiger charge is 2.46. The average molecular weight is 541 g/mol. The highest BCUT2D eigenvalue weighted by molar-refractivity contribution is 7.52. The third kappa shape index (κ3) is 7.60. The van der Waals surface area contributed by atoms with Gasteiger partial charge in [0.15, 0.2) is 6.23 Å². The van der Waals surface area contributed by atoms with Crippen LogP contribution >= 0.6 is 7.75 Å². The predicted octanol–water partition coefficient (Wildman–Crippen LogP) is 0.929. The van der Waals surface area contributed by atoms with E-state index in [1.54, 1.807) is 30.3 Å². The molecule has 14 heteroatoms. The number of H-pyrrole nitrogens is 1. The fraction of sp³-hybridized carbons (Fsp3) is 0.522. The number of nitrogens with one attached hydrogen (secondary N) is 2. The minimum absolute atomic E-state index is 0.202. The first-order chi connectivity index (χ1) is 17.7. The van der Waals surface area contributed by atoms with Gasteiger partial charge >= 0.3 is 19.4 Å². The minimum atomic E-state index is -4.22. The molecule has 2 aromatic rings. The number of benzene rings is 1. The Balaban J connectivity index is 1.76. The van der Waals surface area contributed by atoms with E-state index >= 15 is 0 Å². The van der Waals surface area contributed by atoms with E-state index < -0.39 is 68.6 Å². The second-order valence-corrected chi connectivity index (χ2v) is 10.2. The molecule has 6 atom stereocenters. The Morgan fingerprint density at radius 2 is 2.00 bits per heavy atom. The minimum Gasteiger partial charge on any atom is -0.465 e. The van der Waals surface area contributed by atoms with Crippen LogP contribution in [0.1, 0.15) is 32.9 Å². The maximum Gasteiger partial charge on any atom is 0.459 e. The van der Waals surface area contributed by atoms with Gasteiger partial charge in [-0.3, -0.25) is 23.7 Å². The number of esters is 1. The molecule has 37 heavy (non-hydrogen) atoms. The summed E-state index contributed by atoms with van der Waals surface area (Å²) in [6.45, 7) is 2.63. The van der Waals surface area contributed by atoms with Crippen LogP contribution in [0.3, 0.4) is 0 Å². The summed E-state index contributed by atoms with van der Waals surface area (Å²) in [7, 11) is -4.22. The van der Waals surface area contributed by atoms with Crippen LogP contribution in [-0.2, 0) is 23.4 Å². The van der Waals surface area contributed by atoms with Crippen LogP contribution < -0.4 is 20.9 Å². The monoisotopic (exact) mass is 541 g/mol. The summed E-state index contributed by atoms with van der Waals surface area (Å²) >= 11 is 0. The van der Waals surface area contributed by atoms with Gasteiger partial charge in [0.1, 0.15) is 17.9 Å². The first-order valence-electron chi connectivity index (χ1n) is 11.9. The quantitative estimate of drug-likeness (QED) is 0.161. The van der Waals surface area contributed by atoms with E-state index in [4.69, 9.17) is 18.5 Å². The molecular weight excluding hydrogens is 509 g/mol. The summed E-state index contributed by atoms with van der Waals surface area (Å²) in [5, 5.41) is 23.1. The lowest BCUT2D eigenvalue weighted by Gasteiger charge is -2.25. The van der Waals surface area contributed by atoms with Gasteiger partial charge in [-0.15, -0.1) is 0 Å². The third-order valence-corrected chi connectivity index (χ3v) is 7.33. The van der Waals surface area contributed by atoms with Crippen molar-refractivity contribution in [1.29, 1.82) is 0 Å². The lowest BCUT2D eigenvalue weighted by Crippen LogP contribution is -2.37. The van der Waals surface area contributed by atoms with E-state index in [9.17, 15) is 29.2 Å². The van der Waals surface area contributed by atoms with Crippen molar-refractivity contribution in [1.82, 2.24) is 14.6 Å². The number of aliphatic hydroxyl groups is 2. The van der Waals surface area contributed by atoms with Gasteiger partial charge in [-0.25, -0.2) is 9.36 Å². The standard InChI is InChI=1S/C23H32N3O10P/c1-3-4-12-33-22(30)15(2)25-37(32,36-16-8-6-5-7-9-16)34-14-18-17(13-27)20(29)21(35-18)26-11-10-19(28)24-23(26)31/h5-11,15,17-18,20-21,27,29H,3-4,12-14H2,1-2H3,(H,25,32)(H,24,28,31). The summed E-state index contributed by atoms with van der Waals surface area (Å²) in [5.41, 5.74) is -1.44. The number of carbonyl (C=O) groups excluding carboxylic acids is 1. The van der Waals surface area contributed by atoms with Gasteiger partial charge in [0.2, 0.25) is 0 Å². The van der Waals surface area contributed by atoms with Crippen molar-refractivity contribution in [2.45, 2.75) is 51.2 Å². The highest BCUT2D eigenvalue weighted by atomic mass is 31.2. The van der Waals surface area contributed by atoms with Gasteiger partial charge in [-0.05, 0) is 25.5 Å². The van der Waals surface area contributed by atoms with E-state index in [-0.39, 0.29) is 12.4 Å². The molecule has 1 saturated heterocycles. The molecule has 1 aliphatic heterocycles. The van der Waals surface area contributed by atoms with Crippen LogP contribution in [0.25, 0.3) is 0 Å². The molecule has 204 valence electrons. The smallest absolute Gasteiger partial charge is 0.459 e. The van der Waals surface area contributed by atoms with E-state index in [1.165, 1.54) is 6.92 Å². The van der Waals surface area contributed by atoms with Crippen molar-refractivity contribution < 1.29 is 38.1 Å². The Bertz CT molecular complexity index is 1190. The van der Waals surface area contributed by atoms with Crippen LogP contribution in [0, 0.1) is 5.92 Å². The Labute approximate surface area is 212 Å². The van der Waals surface area contributed by atoms with Crippen molar-refractivity contribution in [3.8, 4) is 5.75 Å². The number of aromatic amines is 1. The maximum atomic E-state index is 13.7. The summed E-state index contributed by atoms with van der Waals surface area (Å²) in [4.78, 5) is 38.0. The molecule has 0 saturated carbocycles. The number of aliphatic hydroxyl groups excluding tert-OH is 2. The first-order valence-corrected chi connectivity index (χ1v) is 13.4. The topological polar surface area (TPSA) is 178 Å². The molecule has 0 bridgehead atoms. The van der Waals surface area contributed by atoms with Crippen LogP contribution in [0.2, 0.25) is 0 Å². The number of rotatable bonds is 13. The van der Waals surface area contributed by atoms with E-state index in [2.05, 4.69) is 10.1 Å². The Morgan fingerprint density at radius 3 is 2.65 bits per heavy atom. The van der Waals surface area contributed by atoms with Crippen molar-refractivity contribution in [2.24, 2.45) is 5.92 Å². The van der Waals surface area contributed by atoms with E-state index in [1.807, 2.05) is 6.92 Å². The van der Waals surface area contributed by atoms with Crippen molar-refractivity contribution >= 4 is 13.7 Å². The molecule has 0 amide bonds. The molecule has 1 aliphatic rings. The van der Waals surface area contributed by atoms with Crippen molar-refractivity contribution in [3.05, 3.63) is 63.4 Å². The number of para-hydroxylation sites is 1. The zero-order valence-electron chi connectivity index (χ0n) is 20.5. The fourth-order valence-electron chi connectivity index (χ4n) is 3.65. The predicted molar refractivity (Wildman–Crippen MR) is 131 cm³/mol. The molecule has 6 unspecified atom stereocenters. The molecule has 4 N–H and O–H groups in total. The lowest BCUT2D eigenvalue weighted by atomic mass is 9.99. The van der Waals surface area contributed by atoms with E-state index in [0.717, 1.165) is 23.3 Å². The van der Waals surface area contributed by atoms with Crippen LogP contribution in [-0.4, -0.2) is 63.8 Å². The Morgan fingerprint density at radius 1 is 1.27 bits per heavy atom. The van der Waals surface area contributed by atoms with Crippen molar-refractivity contribution in [2.75, 3.05) is 19.8 Å². The number of carbonyl (C=O) groups is 1. The molecule has 2 heterocycles. The molecule has 0 spiro atoms. The maximum absolute atomic E-state index is 13.7. The van der Waals surface area contributed by atoms with Crippen LogP contribution in [0.15, 0.2) is 52.2 Å². The number of hydrogen-bond acceptors (Lipinski definition) is 10. The fourth-order valence-corrected chi connectivity index (χ4v) is 5.15. The highest BCUT2D eigenvalue weighted by Crippen LogP contribution is 2.46. The average Bonchev–Trinajstić information content (AvgIpc) is 3.18. The molecule has 1 aromatic carbocycles. The normalized spacial score (nSPS) is 23.8. The molecule has 0 radical (unpaired) electrons. The van der Waals surface area contributed by atoms with Crippen LogP contribution in [0.4, 0.5) is 0 Å². The summed E-state index contributed by atoms with van der Waals surface area (Å²) < 4.78 is 36.7. The van der Waals surface area contributed by atoms with Gasteiger partial charge in [0, 0.05) is 18.2 Å². The summed E-state index contributed by atoms with van der Waals surface area (Å²) in [5.74, 6) is -1.37. The lowest BCUT2D eigenvalue weighted by molar-refractivity contribution is -0.145. The van der Waals surface area contributed by atoms with Gasteiger partial charge in [-0.2, -0.15) is 5.09 Å². The van der Waals surface area contributed by atoms with Gasteiger partial charge in [-0.1, -0.05) is 31.5 Å². The molecule has 1 fully saturated rings.